The molecular weight excluding hydrogens is 470 g/mol. The van der Waals surface area contributed by atoms with Crippen molar-refractivity contribution in [1.82, 2.24) is 0 Å². The molecule has 0 atom stereocenters. The SMILES string of the molecule is [2H]C([2H])([2H])c1cc(C)c(-c2cc(C(C)(C)C)cc[n+]2C)cc1-c1c2c(cc3c1C(C)(C)CC3(C)C)C(C)(C)CC2(C)C. The third kappa shape index (κ3) is 4.30. The van der Waals surface area contributed by atoms with Gasteiger partial charge in [-0.25, -0.2) is 4.57 Å². The molecule has 208 valence electrons. The Morgan fingerprint density at radius 3 is 1.74 bits per heavy atom. The minimum absolute atomic E-state index is 0.00463. The van der Waals surface area contributed by atoms with Gasteiger partial charge in [0.25, 0.3) is 0 Å². The smallest absolute Gasteiger partial charge is 0.201 e. The van der Waals surface area contributed by atoms with Gasteiger partial charge in [-0.15, -0.1) is 0 Å². The lowest BCUT2D eigenvalue weighted by Crippen LogP contribution is -2.32. The number of nitrogens with zero attached hydrogens (tertiary/aromatic N) is 1. The number of benzene rings is 2. The van der Waals surface area contributed by atoms with E-state index >= 15 is 0 Å². The number of aromatic nitrogens is 1. The molecule has 0 spiro atoms. The summed E-state index contributed by atoms with van der Waals surface area (Å²) < 4.78 is 28.5. The van der Waals surface area contributed by atoms with E-state index in [2.05, 4.69) is 125 Å². The van der Waals surface area contributed by atoms with Gasteiger partial charge in [-0.3, -0.25) is 0 Å². The maximum atomic E-state index is 8.77. The number of aryl methyl sites for hydroxylation is 3. The van der Waals surface area contributed by atoms with Gasteiger partial charge in [-0.1, -0.05) is 88.3 Å². The lowest BCUT2D eigenvalue weighted by Gasteiger charge is -2.31. The molecule has 0 radical (unpaired) electrons. The van der Waals surface area contributed by atoms with Gasteiger partial charge < -0.3 is 0 Å². The highest BCUT2D eigenvalue weighted by Gasteiger charge is 2.50. The van der Waals surface area contributed by atoms with Crippen molar-refractivity contribution >= 4 is 0 Å². The van der Waals surface area contributed by atoms with Crippen LogP contribution >= 0.6 is 0 Å². The molecule has 0 fully saturated rings. The zero-order valence-corrected chi connectivity index (χ0v) is 26.8. The summed E-state index contributed by atoms with van der Waals surface area (Å²) >= 11 is 0. The molecule has 3 aromatic rings. The van der Waals surface area contributed by atoms with E-state index in [1.807, 2.05) is 6.07 Å². The van der Waals surface area contributed by atoms with Gasteiger partial charge in [0.1, 0.15) is 7.05 Å². The molecule has 0 N–H and O–H groups in total. The zero-order valence-electron chi connectivity index (χ0n) is 29.8. The van der Waals surface area contributed by atoms with Crippen molar-refractivity contribution in [2.45, 2.75) is 130 Å². The van der Waals surface area contributed by atoms with E-state index < -0.39 is 6.85 Å². The van der Waals surface area contributed by atoms with Crippen LogP contribution in [-0.4, -0.2) is 0 Å². The standard InChI is InChI=1S/C38H52N/c1-23-17-24(2)27(19-26(23)30-18-25(34(3,4)5)15-16-39(30)14)31-32-28(35(6,7)21-37(32,10)11)20-29-33(31)38(12,13)22-36(29,8)9/h15-20H,21-22H2,1-14H3/q+1/i2D3. The predicted octanol–water partition coefficient (Wildman–Crippen LogP) is 9.68. The van der Waals surface area contributed by atoms with Crippen molar-refractivity contribution in [2.24, 2.45) is 7.05 Å². The number of pyridine rings is 1. The van der Waals surface area contributed by atoms with Crippen LogP contribution in [0.3, 0.4) is 0 Å². The van der Waals surface area contributed by atoms with Gasteiger partial charge in [-0.05, 0) is 110 Å². The molecule has 39 heavy (non-hydrogen) atoms. The van der Waals surface area contributed by atoms with Crippen LogP contribution in [0.4, 0.5) is 0 Å². The molecule has 2 aromatic carbocycles. The van der Waals surface area contributed by atoms with Gasteiger partial charge in [0.05, 0.1) is 0 Å². The first-order chi connectivity index (χ1) is 18.9. The van der Waals surface area contributed by atoms with Crippen LogP contribution < -0.4 is 4.57 Å². The van der Waals surface area contributed by atoms with Crippen molar-refractivity contribution < 1.29 is 8.68 Å². The third-order valence-corrected chi connectivity index (χ3v) is 9.83. The molecule has 2 aliphatic carbocycles. The second-order valence-electron chi connectivity index (χ2n) is 16.4. The Hall–Kier alpha value is -2.41. The highest BCUT2D eigenvalue weighted by atomic mass is 14.9. The Balaban J connectivity index is 1.99. The zero-order chi connectivity index (χ0) is 31.6. The Bertz CT molecular complexity index is 1550. The quantitative estimate of drug-likeness (QED) is 0.293. The maximum absolute atomic E-state index is 8.77. The minimum Gasteiger partial charge on any atom is -0.201 e. The van der Waals surface area contributed by atoms with Crippen molar-refractivity contribution in [2.75, 3.05) is 0 Å². The molecule has 0 amide bonds. The van der Waals surface area contributed by atoms with E-state index in [1.54, 1.807) is 0 Å². The third-order valence-electron chi connectivity index (χ3n) is 9.83. The average Bonchev–Trinajstić information content (AvgIpc) is 3.11. The summed E-state index contributed by atoms with van der Waals surface area (Å²) in [5.41, 5.74) is 12.4. The van der Waals surface area contributed by atoms with Crippen LogP contribution in [0.25, 0.3) is 22.4 Å². The monoisotopic (exact) mass is 525 g/mol. The lowest BCUT2D eigenvalue weighted by atomic mass is 9.73. The van der Waals surface area contributed by atoms with E-state index in [0.29, 0.717) is 5.56 Å². The molecule has 1 heteroatoms. The van der Waals surface area contributed by atoms with Gasteiger partial charge in [0.2, 0.25) is 5.69 Å². The summed E-state index contributed by atoms with van der Waals surface area (Å²) in [6.07, 6.45) is 4.22. The van der Waals surface area contributed by atoms with Gasteiger partial charge in [0, 0.05) is 21.8 Å². The summed E-state index contributed by atoms with van der Waals surface area (Å²) in [5, 5.41) is 0. The summed E-state index contributed by atoms with van der Waals surface area (Å²) in [6, 6.07) is 11.2. The fourth-order valence-electron chi connectivity index (χ4n) is 8.50. The number of hydrogen-bond donors (Lipinski definition) is 0. The first-order valence-corrected chi connectivity index (χ1v) is 14.8. The molecule has 0 saturated carbocycles. The topological polar surface area (TPSA) is 3.88 Å². The van der Waals surface area contributed by atoms with Crippen molar-refractivity contribution in [3.63, 3.8) is 0 Å². The second-order valence-corrected chi connectivity index (χ2v) is 16.4. The molecule has 0 bridgehead atoms. The highest BCUT2D eigenvalue weighted by molar-refractivity contribution is 5.85. The molecule has 0 saturated heterocycles. The van der Waals surface area contributed by atoms with Crippen molar-refractivity contribution in [3.05, 3.63) is 75.5 Å². The minimum atomic E-state index is -2.24. The molecular formula is C38H52N+. The van der Waals surface area contributed by atoms with Crippen LogP contribution in [-0.2, 0) is 34.1 Å². The van der Waals surface area contributed by atoms with Crippen LogP contribution in [0.1, 0.15) is 132 Å². The van der Waals surface area contributed by atoms with E-state index in [0.717, 1.165) is 35.2 Å². The van der Waals surface area contributed by atoms with E-state index in [4.69, 9.17) is 4.11 Å². The Kier molecular flexibility index (Phi) is 5.20. The van der Waals surface area contributed by atoms with Crippen LogP contribution in [0.5, 0.6) is 0 Å². The fourth-order valence-corrected chi connectivity index (χ4v) is 8.50. The van der Waals surface area contributed by atoms with Crippen LogP contribution in [0, 0.1) is 13.8 Å². The van der Waals surface area contributed by atoms with Gasteiger partial charge in [0.15, 0.2) is 6.20 Å². The van der Waals surface area contributed by atoms with Crippen LogP contribution in [0.15, 0.2) is 36.5 Å². The Morgan fingerprint density at radius 2 is 1.26 bits per heavy atom. The summed E-state index contributed by atoms with van der Waals surface area (Å²) in [6.45, 7) is 25.5. The predicted molar refractivity (Wildman–Crippen MR) is 168 cm³/mol. The van der Waals surface area contributed by atoms with Gasteiger partial charge >= 0.3 is 0 Å². The van der Waals surface area contributed by atoms with Crippen molar-refractivity contribution in [3.8, 4) is 22.4 Å². The summed E-state index contributed by atoms with van der Waals surface area (Å²) in [5.74, 6) is 0. The fraction of sp³-hybridized carbons (Fsp3) is 0.553. The first kappa shape index (κ1) is 24.4. The van der Waals surface area contributed by atoms with Gasteiger partial charge in [-0.2, -0.15) is 0 Å². The highest BCUT2D eigenvalue weighted by Crippen LogP contribution is 2.61. The average molecular weight is 526 g/mol. The molecule has 5 rings (SSSR count). The normalized spacial score (nSPS) is 21.6. The van der Waals surface area contributed by atoms with Crippen LogP contribution in [0.2, 0.25) is 0 Å². The van der Waals surface area contributed by atoms with E-state index in [9.17, 15) is 0 Å². The molecule has 0 unspecified atom stereocenters. The molecule has 1 nitrogen and oxygen atoms in total. The number of hydrogen-bond acceptors (Lipinski definition) is 0. The molecule has 1 aromatic heterocycles. The van der Waals surface area contributed by atoms with E-state index in [-0.39, 0.29) is 27.1 Å². The molecule has 0 aliphatic heterocycles. The number of fused-ring (bicyclic) bond motifs is 2. The van der Waals surface area contributed by atoms with E-state index in [1.165, 1.54) is 33.4 Å². The summed E-state index contributed by atoms with van der Waals surface area (Å²) in [7, 11) is 2.09. The summed E-state index contributed by atoms with van der Waals surface area (Å²) in [4.78, 5) is 0. The van der Waals surface area contributed by atoms with Crippen molar-refractivity contribution in [1.29, 1.82) is 0 Å². The molecule has 2 aliphatic rings. The Labute approximate surface area is 243 Å². The molecule has 1 heterocycles. The largest absolute Gasteiger partial charge is 0.212 e. The lowest BCUT2D eigenvalue weighted by molar-refractivity contribution is -0.660. The second kappa shape index (κ2) is 8.31. The first-order valence-electron chi connectivity index (χ1n) is 16.3. The number of rotatable bonds is 2. The Morgan fingerprint density at radius 1 is 0.718 bits per heavy atom. The maximum Gasteiger partial charge on any atom is 0.212 e.